The highest BCUT2D eigenvalue weighted by Gasteiger charge is 2.10. The van der Waals surface area contributed by atoms with Gasteiger partial charge in [0.25, 0.3) is 0 Å². The highest BCUT2D eigenvalue weighted by atomic mass is 16.4. The van der Waals surface area contributed by atoms with Crippen molar-refractivity contribution in [2.45, 2.75) is 0 Å². The largest absolute Gasteiger partial charge is 0.475 e. The maximum atomic E-state index is 10.6. The molecule has 1 heterocycles. The first-order chi connectivity index (χ1) is 6.70. The van der Waals surface area contributed by atoms with E-state index >= 15 is 0 Å². The van der Waals surface area contributed by atoms with Crippen LogP contribution in [0.25, 0.3) is 11.0 Å². The molecule has 2 rings (SSSR count). The maximum Gasteiger partial charge on any atom is 0.371 e. The molecule has 0 saturated heterocycles. The molecule has 0 unspecified atom stereocenters. The van der Waals surface area contributed by atoms with Crippen molar-refractivity contribution in [3.05, 3.63) is 35.6 Å². The van der Waals surface area contributed by atoms with Crippen molar-refractivity contribution in [1.82, 2.24) is 0 Å². The monoisotopic (exact) mass is 187 g/mol. The Labute approximate surface area is 79.0 Å². The van der Waals surface area contributed by atoms with Gasteiger partial charge in [0.15, 0.2) is 0 Å². The second-order valence-electron chi connectivity index (χ2n) is 2.78. The number of fused-ring (bicyclic) bond motifs is 1. The standard InChI is InChI=1S/C10H5NO3/c11-5-6-1-2-7-4-9(10(12)13)14-8(7)3-6/h1-4H,(H,12,13). The number of nitriles is 1. The van der Waals surface area contributed by atoms with Gasteiger partial charge < -0.3 is 9.52 Å². The van der Waals surface area contributed by atoms with Crippen LogP contribution in [0, 0.1) is 11.3 Å². The number of nitrogens with zero attached hydrogens (tertiary/aromatic N) is 1. The number of carboxylic acid groups (broad SMARTS) is 1. The number of aromatic carboxylic acids is 1. The van der Waals surface area contributed by atoms with Gasteiger partial charge in [-0.05, 0) is 24.3 Å². The number of hydrogen-bond donors (Lipinski definition) is 1. The zero-order chi connectivity index (χ0) is 10.1. The zero-order valence-electron chi connectivity index (χ0n) is 7.02. The molecule has 68 valence electrons. The summed E-state index contributed by atoms with van der Waals surface area (Å²) in [6, 6.07) is 8.17. The summed E-state index contributed by atoms with van der Waals surface area (Å²) in [6.45, 7) is 0. The second kappa shape index (κ2) is 2.89. The van der Waals surface area contributed by atoms with Crippen molar-refractivity contribution >= 4 is 16.9 Å². The van der Waals surface area contributed by atoms with Gasteiger partial charge in [0, 0.05) is 5.39 Å². The lowest BCUT2D eigenvalue weighted by Gasteiger charge is -1.87. The van der Waals surface area contributed by atoms with E-state index in [9.17, 15) is 4.79 Å². The van der Waals surface area contributed by atoms with Crippen LogP contribution in [0.5, 0.6) is 0 Å². The minimum Gasteiger partial charge on any atom is -0.475 e. The summed E-state index contributed by atoms with van der Waals surface area (Å²) in [5, 5.41) is 17.9. The second-order valence-corrected chi connectivity index (χ2v) is 2.78. The van der Waals surface area contributed by atoms with Crippen LogP contribution >= 0.6 is 0 Å². The molecule has 0 saturated carbocycles. The van der Waals surface area contributed by atoms with Gasteiger partial charge in [-0.1, -0.05) is 0 Å². The molecular weight excluding hydrogens is 182 g/mol. The number of hydrogen-bond acceptors (Lipinski definition) is 3. The molecule has 0 aliphatic rings. The van der Waals surface area contributed by atoms with Gasteiger partial charge >= 0.3 is 5.97 Å². The molecule has 1 N–H and O–H groups in total. The van der Waals surface area contributed by atoms with Crippen LogP contribution in [0.15, 0.2) is 28.7 Å². The average Bonchev–Trinajstić information content (AvgIpc) is 2.59. The van der Waals surface area contributed by atoms with Crippen LogP contribution in [0.4, 0.5) is 0 Å². The molecular formula is C10H5NO3. The Bertz CT molecular complexity index is 548. The van der Waals surface area contributed by atoms with E-state index in [1.165, 1.54) is 12.1 Å². The number of carboxylic acids is 1. The molecule has 4 heteroatoms. The Hall–Kier alpha value is -2.28. The third-order valence-electron chi connectivity index (χ3n) is 1.86. The van der Waals surface area contributed by atoms with Crippen molar-refractivity contribution in [3.8, 4) is 6.07 Å². The van der Waals surface area contributed by atoms with Gasteiger partial charge in [0.05, 0.1) is 11.6 Å². The first-order valence-corrected chi connectivity index (χ1v) is 3.87. The molecule has 4 nitrogen and oxygen atoms in total. The Morgan fingerprint density at radius 2 is 2.21 bits per heavy atom. The molecule has 1 aromatic heterocycles. The number of benzene rings is 1. The highest BCUT2D eigenvalue weighted by Crippen LogP contribution is 2.20. The number of carbonyl (C=O) groups is 1. The third kappa shape index (κ3) is 1.21. The summed E-state index contributed by atoms with van der Waals surface area (Å²) < 4.78 is 5.02. The number of furan rings is 1. The van der Waals surface area contributed by atoms with Gasteiger partial charge in [-0.2, -0.15) is 5.26 Å². The first kappa shape index (κ1) is 8.32. The molecule has 1 aromatic carbocycles. The van der Waals surface area contributed by atoms with Gasteiger partial charge in [0.2, 0.25) is 5.76 Å². The summed E-state index contributed by atoms with van der Waals surface area (Å²) in [5.74, 6) is -1.23. The van der Waals surface area contributed by atoms with Crippen molar-refractivity contribution < 1.29 is 14.3 Å². The zero-order valence-corrected chi connectivity index (χ0v) is 7.02. The summed E-state index contributed by atoms with van der Waals surface area (Å²) in [6.07, 6.45) is 0. The van der Waals surface area contributed by atoms with E-state index in [1.54, 1.807) is 12.1 Å². The van der Waals surface area contributed by atoms with Gasteiger partial charge in [-0.15, -0.1) is 0 Å². The molecule has 0 radical (unpaired) electrons. The van der Waals surface area contributed by atoms with Crippen LogP contribution in [-0.2, 0) is 0 Å². The van der Waals surface area contributed by atoms with Crippen LogP contribution in [-0.4, -0.2) is 11.1 Å². The fraction of sp³-hybridized carbons (Fsp3) is 0. The van der Waals surface area contributed by atoms with Crippen LogP contribution in [0.1, 0.15) is 16.1 Å². The van der Waals surface area contributed by atoms with E-state index in [1.807, 2.05) is 6.07 Å². The van der Waals surface area contributed by atoms with Crippen molar-refractivity contribution in [2.24, 2.45) is 0 Å². The van der Waals surface area contributed by atoms with Gasteiger partial charge in [-0.3, -0.25) is 0 Å². The van der Waals surface area contributed by atoms with E-state index in [0.717, 1.165) is 0 Å². The minimum atomic E-state index is -1.11. The Kier molecular flexibility index (Phi) is 1.72. The molecule has 0 aliphatic carbocycles. The van der Waals surface area contributed by atoms with Crippen molar-refractivity contribution in [2.75, 3.05) is 0 Å². The Morgan fingerprint density at radius 1 is 1.43 bits per heavy atom. The van der Waals surface area contributed by atoms with E-state index < -0.39 is 5.97 Å². The topological polar surface area (TPSA) is 74.2 Å². The molecule has 0 fully saturated rings. The summed E-state index contributed by atoms with van der Waals surface area (Å²) in [5.41, 5.74) is 0.866. The van der Waals surface area contributed by atoms with Crippen molar-refractivity contribution in [1.29, 1.82) is 5.26 Å². The lowest BCUT2D eigenvalue weighted by molar-refractivity contribution is 0.0665. The van der Waals surface area contributed by atoms with Gasteiger partial charge in [-0.25, -0.2) is 4.79 Å². The first-order valence-electron chi connectivity index (χ1n) is 3.87. The normalized spacial score (nSPS) is 9.93. The Balaban J connectivity index is 2.67. The lowest BCUT2D eigenvalue weighted by atomic mass is 10.2. The number of rotatable bonds is 1. The smallest absolute Gasteiger partial charge is 0.371 e. The van der Waals surface area contributed by atoms with E-state index in [4.69, 9.17) is 14.8 Å². The molecule has 0 atom stereocenters. The molecule has 0 spiro atoms. The maximum absolute atomic E-state index is 10.6. The summed E-state index contributed by atoms with van der Waals surface area (Å²) in [4.78, 5) is 10.6. The predicted molar refractivity (Wildman–Crippen MR) is 47.9 cm³/mol. The van der Waals surface area contributed by atoms with Crippen LogP contribution in [0.2, 0.25) is 0 Å². The van der Waals surface area contributed by atoms with Crippen molar-refractivity contribution in [3.63, 3.8) is 0 Å². The van der Waals surface area contributed by atoms with Gasteiger partial charge in [0.1, 0.15) is 5.58 Å². The van der Waals surface area contributed by atoms with E-state index in [-0.39, 0.29) is 5.76 Å². The SMILES string of the molecule is N#Cc1ccc2cc(C(=O)O)oc2c1. The molecule has 0 bridgehead atoms. The predicted octanol–water partition coefficient (Wildman–Crippen LogP) is 2.00. The fourth-order valence-electron chi connectivity index (χ4n) is 1.21. The van der Waals surface area contributed by atoms with E-state index in [2.05, 4.69) is 0 Å². The Morgan fingerprint density at radius 3 is 2.86 bits per heavy atom. The summed E-state index contributed by atoms with van der Waals surface area (Å²) in [7, 11) is 0. The van der Waals surface area contributed by atoms with Crippen LogP contribution in [0.3, 0.4) is 0 Å². The lowest BCUT2D eigenvalue weighted by Crippen LogP contribution is -1.91. The molecule has 14 heavy (non-hydrogen) atoms. The molecule has 0 aliphatic heterocycles. The molecule has 2 aromatic rings. The fourth-order valence-corrected chi connectivity index (χ4v) is 1.21. The highest BCUT2D eigenvalue weighted by molar-refractivity contribution is 5.91. The minimum absolute atomic E-state index is 0.116. The average molecular weight is 187 g/mol. The third-order valence-corrected chi connectivity index (χ3v) is 1.86. The quantitative estimate of drug-likeness (QED) is 0.740. The van der Waals surface area contributed by atoms with Crippen LogP contribution < -0.4 is 0 Å². The molecule has 0 amide bonds. The van der Waals surface area contributed by atoms with E-state index in [0.29, 0.717) is 16.5 Å². The summed E-state index contributed by atoms with van der Waals surface area (Å²) >= 11 is 0.